The third-order valence-corrected chi connectivity index (χ3v) is 2.13. The van der Waals surface area contributed by atoms with Crippen LogP contribution in [0.2, 0.25) is 0 Å². The fraction of sp³-hybridized carbons (Fsp3) is 0.222. The standard InChI is InChI=1S/C9H3ClF6O2/c10-7(18)4-1-3(17)2-5(8(11,12)13)6(4)9(14,15)16/h1-2,17H. The first-order chi connectivity index (χ1) is 7.94. The minimum absolute atomic E-state index is 0.119. The molecule has 18 heavy (non-hydrogen) atoms. The molecule has 1 aromatic carbocycles. The monoisotopic (exact) mass is 292 g/mol. The van der Waals surface area contributed by atoms with Crippen LogP contribution >= 0.6 is 11.6 Å². The third kappa shape index (κ3) is 2.87. The maximum Gasteiger partial charge on any atom is 0.417 e. The Labute approximate surface area is 101 Å². The SMILES string of the molecule is O=C(Cl)c1cc(O)cc(C(F)(F)F)c1C(F)(F)F. The van der Waals surface area contributed by atoms with Crippen molar-refractivity contribution < 1.29 is 36.2 Å². The number of rotatable bonds is 1. The molecule has 0 amide bonds. The van der Waals surface area contributed by atoms with E-state index in [-0.39, 0.29) is 12.1 Å². The molecule has 9 heteroatoms. The Hall–Kier alpha value is -1.44. The smallest absolute Gasteiger partial charge is 0.417 e. The predicted octanol–water partition coefficient (Wildman–Crippen LogP) is 3.81. The Morgan fingerprint density at radius 2 is 1.56 bits per heavy atom. The number of phenolic OH excluding ortho intramolecular Hbond substituents is 1. The second kappa shape index (κ2) is 4.34. The van der Waals surface area contributed by atoms with Gasteiger partial charge in [0.2, 0.25) is 0 Å². The summed E-state index contributed by atoms with van der Waals surface area (Å²) >= 11 is 4.79. The molecular formula is C9H3ClF6O2. The molecule has 0 radical (unpaired) electrons. The molecule has 0 bridgehead atoms. The van der Waals surface area contributed by atoms with Crippen LogP contribution in [-0.4, -0.2) is 10.3 Å². The zero-order valence-electron chi connectivity index (χ0n) is 8.16. The van der Waals surface area contributed by atoms with Crippen LogP contribution in [0.25, 0.3) is 0 Å². The average Bonchev–Trinajstić information content (AvgIpc) is 2.12. The van der Waals surface area contributed by atoms with Crippen molar-refractivity contribution in [1.29, 1.82) is 0 Å². The molecule has 0 fully saturated rings. The summed E-state index contributed by atoms with van der Waals surface area (Å²) in [4.78, 5) is 10.7. The highest BCUT2D eigenvalue weighted by molar-refractivity contribution is 6.68. The van der Waals surface area contributed by atoms with Gasteiger partial charge in [0.05, 0.1) is 16.7 Å². The lowest BCUT2D eigenvalue weighted by molar-refractivity contribution is -0.162. The summed E-state index contributed by atoms with van der Waals surface area (Å²) in [7, 11) is 0. The second-order valence-corrected chi connectivity index (χ2v) is 3.53. The van der Waals surface area contributed by atoms with Crippen molar-refractivity contribution in [2.45, 2.75) is 12.4 Å². The number of aromatic hydroxyl groups is 1. The van der Waals surface area contributed by atoms with E-state index >= 15 is 0 Å². The van der Waals surface area contributed by atoms with E-state index in [1.54, 1.807) is 0 Å². The predicted molar refractivity (Wildman–Crippen MR) is 48.3 cm³/mol. The van der Waals surface area contributed by atoms with Crippen LogP contribution in [0.1, 0.15) is 21.5 Å². The number of halogens is 7. The summed E-state index contributed by atoms with van der Waals surface area (Å²) in [6.45, 7) is 0. The highest BCUT2D eigenvalue weighted by Gasteiger charge is 2.46. The van der Waals surface area contributed by atoms with Gasteiger partial charge in [-0.1, -0.05) is 0 Å². The van der Waals surface area contributed by atoms with Gasteiger partial charge in [-0.25, -0.2) is 0 Å². The number of hydrogen-bond donors (Lipinski definition) is 1. The Kier molecular flexibility index (Phi) is 3.53. The summed E-state index contributed by atoms with van der Waals surface area (Å²) in [5.41, 5.74) is -5.83. The molecule has 0 spiro atoms. The highest BCUT2D eigenvalue weighted by Crippen LogP contribution is 2.44. The number of carbonyl (C=O) groups excluding carboxylic acids is 1. The maximum atomic E-state index is 12.5. The van der Waals surface area contributed by atoms with E-state index in [4.69, 9.17) is 16.7 Å². The Morgan fingerprint density at radius 3 is 1.89 bits per heavy atom. The largest absolute Gasteiger partial charge is 0.508 e. The molecule has 0 aliphatic heterocycles. The van der Waals surface area contributed by atoms with Crippen LogP contribution in [0.4, 0.5) is 26.3 Å². The number of phenols is 1. The van der Waals surface area contributed by atoms with Gasteiger partial charge in [0.15, 0.2) is 0 Å². The van der Waals surface area contributed by atoms with Crippen molar-refractivity contribution in [2.75, 3.05) is 0 Å². The van der Waals surface area contributed by atoms with Crippen molar-refractivity contribution in [2.24, 2.45) is 0 Å². The van der Waals surface area contributed by atoms with Gasteiger partial charge in [-0.15, -0.1) is 0 Å². The van der Waals surface area contributed by atoms with Crippen molar-refractivity contribution in [3.05, 3.63) is 28.8 Å². The van der Waals surface area contributed by atoms with Gasteiger partial charge in [0.25, 0.3) is 5.24 Å². The van der Waals surface area contributed by atoms with Gasteiger partial charge in [0.1, 0.15) is 5.75 Å². The van der Waals surface area contributed by atoms with Crippen LogP contribution in [0.5, 0.6) is 5.75 Å². The van der Waals surface area contributed by atoms with Gasteiger partial charge in [-0.05, 0) is 23.7 Å². The van der Waals surface area contributed by atoms with Gasteiger partial charge in [0, 0.05) is 0 Å². The normalized spacial score (nSPS) is 12.6. The van der Waals surface area contributed by atoms with Crippen molar-refractivity contribution in [3.8, 4) is 5.75 Å². The van der Waals surface area contributed by atoms with Crippen LogP contribution in [0.3, 0.4) is 0 Å². The Balaban J connectivity index is 3.76. The first-order valence-electron chi connectivity index (χ1n) is 4.16. The molecule has 0 aliphatic carbocycles. The summed E-state index contributed by atoms with van der Waals surface area (Å²) in [5, 5.41) is 7.17. The fourth-order valence-corrected chi connectivity index (χ4v) is 1.46. The summed E-state index contributed by atoms with van der Waals surface area (Å²) < 4.78 is 74.9. The molecule has 100 valence electrons. The average molecular weight is 293 g/mol. The summed E-state index contributed by atoms with van der Waals surface area (Å²) in [5.74, 6) is -1.14. The van der Waals surface area contributed by atoms with E-state index in [1.807, 2.05) is 0 Å². The minimum atomic E-state index is -5.43. The van der Waals surface area contributed by atoms with Gasteiger partial charge in [-0.3, -0.25) is 4.79 Å². The van der Waals surface area contributed by atoms with E-state index in [0.29, 0.717) is 0 Å². The van der Waals surface area contributed by atoms with E-state index in [0.717, 1.165) is 0 Å². The fourth-order valence-electron chi connectivity index (χ4n) is 1.31. The van der Waals surface area contributed by atoms with Crippen LogP contribution in [-0.2, 0) is 12.4 Å². The van der Waals surface area contributed by atoms with E-state index < -0.39 is 40.0 Å². The number of alkyl halides is 6. The summed E-state index contributed by atoms with van der Waals surface area (Å²) in [6.07, 6.45) is -10.8. The first-order valence-corrected chi connectivity index (χ1v) is 4.53. The lowest BCUT2D eigenvalue weighted by Crippen LogP contribution is -2.20. The van der Waals surface area contributed by atoms with E-state index in [9.17, 15) is 31.1 Å². The van der Waals surface area contributed by atoms with Crippen LogP contribution in [0.15, 0.2) is 12.1 Å². The topological polar surface area (TPSA) is 37.3 Å². The Morgan fingerprint density at radius 1 is 1.06 bits per heavy atom. The molecule has 0 heterocycles. The van der Waals surface area contributed by atoms with Gasteiger partial charge >= 0.3 is 12.4 Å². The third-order valence-electron chi connectivity index (χ3n) is 1.92. The molecule has 0 saturated carbocycles. The molecule has 0 unspecified atom stereocenters. The zero-order chi connectivity index (χ0) is 14.3. The van der Waals surface area contributed by atoms with Gasteiger partial charge < -0.3 is 5.11 Å². The lowest BCUT2D eigenvalue weighted by atomic mass is 10.00. The molecule has 2 nitrogen and oxygen atoms in total. The second-order valence-electron chi connectivity index (χ2n) is 3.19. The molecule has 0 aromatic heterocycles. The molecule has 1 N–H and O–H groups in total. The van der Waals surface area contributed by atoms with Gasteiger partial charge in [-0.2, -0.15) is 26.3 Å². The Bertz CT molecular complexity index is 491. The van der Waals surface area contributed by atoms with Crippen LogP contribution in [0, 0.1) is 0 Å². The maximum absolute atomic E-state index is 12.5. The molecule has 1 aromatic rings. The highest BCUT2D eigenvalue weighted by atomic mass is 35.5. The zero-order valence-corrected chi connectivity index (χ0v) is 8.91. The summed E-state index contributed by atoms with van der Waals surface area (Å²) in [6, 6.07) is 0.111. The lowest BCUT2D eigenvalue weighted by Gasteiger charge is -2.18. The number of hydrogen-bond acceptors (Lipinski definition) is 2. The first kappa shape index (κ1) is 14.6. The van der Waals surface area contributed by atoms with Crippen LogP contribution < -0.4 is 0 Å². The number of carbonyl (C=O) groups is 1. The molecule has 1 rings (SSSR count). The molecule has 0 saturated heterocycles. The van der Waals surface area contributed by atoms with Crippen molar-refractivity contribution in [3.63, 3.8) is 0 Å². The van der Waals surface area contributed by atoms with Crippen molar-refractivity contribution >= 4 is 16.8 Å². The molecule has 0 atom stereocenters. The van der Waals surface area contributed by atoms with E-state index in [2.05, 4.69) is 0 Å². The van der Waals surface area contributed by atoms with Crippen molar-refractivity contribution in [1.82, 2.24) is 0 Å². The minimum Gasteiger partial charge on any atom is -0.508 e. The van der Waals surface area contributed by atoms with E-state index in [1.165, 1.54) is 0 Å². The molecule has 0 aliphatic rings. The number of benzene rings is 1. The molecular weight excluding hydrogens is 290 g/mol. The quantitative estimate of drug-likeness (QED) is 0.631.